The van der Waals surface area contributed by atoms with Crippen LogP contribution >= 0.6 is 0 Å². The van der Waals surface area contributed by atoms with Crippen LogP contribution in [0.25, 0.3) is 0 Å². The van der Waals surface area contributed by atoms with E-state index in [1.807, 2.05) is 25.1 Å². The predicted molar refractivity (Wildman–Crippen MR) is 87.7 cm³/mol. The lowest BCUT2D eigenvalue weighted by Crippen LogP contribution is -2.36. The molecular weight excluding hydrogens is 294 g/mol. The lowest BCUT2D eigenvalue weighted by Gasteiger charge is -2.16. The van der Waals surface area contributed by atoms with Crippen LogP contribution in [0.5, 0.6) is 5.75 Å². The Morgan fingerprint density at radius 3 is 2.70 bits per heavy atom. The first-order valence-electron chi connectivity index (χ1n) is 8.12. The van der Waals surface area contributed by atoms with E-state index < -0.39 is 5.97 Å². The Labute approximate surface area is 137 Å². The number of carboxylic acid groups (broad SMARTS) is 1. The molecule has 1 aliphatic rings. The summed E-state index contributed by atoms with van der Waals surface area (Å²) in [7, 11) is 0. The number of carboxylic acids is 1. The molecule has 2 atom stereocenters. The van der Waals surface area contributed by atoms with Gasteiger partial charge < -0.3 is 15.2 Å². The van der Waals surface area contributed by atoms with E-state index in [4.69, 9.17) is 9.84 Å². The van der Waals surface area contributed by atoms with E-state index in [0.717, 1.165) is 16.9 Å². The number of carbonyl (C=O) groups is 2. The number of carbonyl (C=O) groups excluding carboxylic acids is 1. The minimum absolute atomic E-state index is 0.0442. The van der Waals surface area contributed by atoms with Crippen molar-refractivity contribution in [2.24, 2.45) is 5.92 Å². The third-order valence-electron chi connectivity index (χ3n) is 4.30. The van der Waals surface area contributed by atoms with Crippen molar-refractivity contribution in [1.82, 2.24) is 5.32 Å². The third kappa shape index (κ3) is 4.71. The molecular formula is C18H25NO4. The van der Waals surface area contributed by atoms with Crippen molar-refractivity contribution in [3.8, 4) is 5.75 Å². The first-order valence-corrected chi connectivity index (χ1v) is 8.12. The highest BCUT2D eigenvalue weighted by Crippen LogP contribution is 2.28. The van der Waals surface area contributed by atoms with Gasteiger partial charge in [0.25, 0.3) is 5.91 Å². The molecule has 2 N–H and O–H groups in total. The lowest BCUT2D eigenvalue weighted by molar-refractivity contribution is -0.141. The zero-order chi connectivity index (χ0) is 17.0. The van der Waals surface area contributed by atoms with Crippen molar-refractivity contribution < 1.29 is 19.4 Å². The van der Waals surface area contributed by atoms with Gasteiger partial charge in [0.15, 0.2) is 6.61 Å². The summed E-state index contributed by atoms with van der Waals surface area (Å²) in [4.78, 5) is 23.0. The standard InChI is InChI=1S/C18H25NO4/c1-11(2)15-7-4-12(3)8-16(15)23-10-17(20)19-14-6-5-13(9-14)18(21)22/h4,7-8,11,13-14H,5-6,9-10H2,1-3H3,(H,19,20)(H,21,22)/t13-,14+/m0/s1. The quantitative estimate of drug-likeness (QED) is 0.845. The summed E-state index contributed by atoms with van der Waals surface area (Å²) >= 11 is 0. The molecule has 0 heterocycles. The summed E-state index contributed by atoms with van der Waals surface area (Å²) in [5.74, 6) is -0.257. The molecule has 0 aromatic heterocycles. The van der Waals surface area contributed by atoms with Gasteiger partial charge in [0, 0.05) is 6.04 Å². The molecule has 1 saturated carbocycles. The van der Waals surface area contributed by atoms with Gasteiger partial charge >= 0.3 is 5.97 Å². The Balaban J connectivity index is 1.88. The molecule has 1 fully saturated rings. The van der Waals surface area contributed by atoms with Crippen LogP contribution in [0, 0.1) is 12.8 Å². The normalized spacial score (nSPS) is 20.5. The Kier molecular flexibility index (Phi) is 5.64. The monoisotopic (exact) mass is 319 g/mol. The molecule has 0 spiro atoms. The summed E-state index contributed by atoms with van der Waals surface area (Å²) in [6, 6.07) is 5.95. The topological polar surface area (TPSA) is 75.6 Å². The molecule has 1 amide bonds. The third-order valence-corrected chi connectivity index (χ3v) is 4.30. The average molecular weight is 319 g/mol. The average Bonchev–Trinajstić information content (AvgIpc) is 2.93. The largest absolute Gasteiger partial charge is 0.483 e. The number of amides is 1. The summed E-state index contributed by atoms with van der Waals surface area (Å²) in [5, 5.41) is 11.9. The summed E-state index contributed by atoms with van der Waals surface area (Å²) in [6.45, 7) is 6.11. The second kappa shape index (κ2) is 7.49. The molecule has 0 aliphatic heterocycles. The van der Waals surface area contributed by atoms with Gasteiger partial charge in [-0.15, -0.1) is 0 Å². The highest BCUT2D eigenvalue weighted by atomic mass is 16.5. The second-order valence-corrected chi connectivity index (χ2v) is 6.60. The van der Waals surface area contributed by atoms with Gasteiger partial charge in [-0.25, -0.2) is 0 Å². The van der Waals surface area contributed by atoms with Gasteiger partial charge in [0.05, 0.1) is 5.92 Å². The van der Waals surface area contributed by atoms with Crippen LogP contribution in [0.4, 0.5) is 0 Å². The fourth-order valence-electron chi connectivity index (χ4n) is 2.99. The maximum atomic E-state index is 12.0. The minimum Gasteiger partial charge on any atom is -0.483 e. The van der Waals surface area contributed by atoms with Crippen LogP contribution in [-0.4, -0.2) is 29.6 Å². The summed E-state index contributed by atoms with van der Waals surface area (Å²) in [5.41, 5.74) is 2.17. The van der Waals surface area contributed by atoms with Crippen molar-refractivity contribution in [3.05, 3.63) is 29.3 Å². The maximum absolute atomic E-state index is 12.0. The SMILES string of the molecule is Cc1ccc(C(C)C)c(OCC(=O)N[C@@H]2CC[C@H](C(=O)O)C2)c1. The Morgan fingerprint density at radius 2 is 2.09 bits per heavy atom. The van der Waals surface area contributed by atoms with Crippen molar-refractivity contribution in [3.63, 3.8) is 0 Å². The van der Waals surface area contributed by atoms with Crippen molar-refractivity contribution in [1.29, 1.82) is 0 Å². The number of aryl methyl sites for hydroxylation is 1. The van der Waals surface area contributed by atoms with Crippen LogP contribution in [0.1, 0.15) is 50.2 Å². The second-order valence-electron chi connectivity index (χ2n) is 6.60. The predicted octanol–water partition coefficient (Wildman–Crippen LogP) is 2.87. The molecule has 23 heavy (non-hydrogen) atoms. The summed E-state index contributed by atoms with van der Waals surface area (Å²) in [6.07, 6.45) is 1.84. The van der Waals surface area contributed by atoms with Crippen molar-refractivity contribution in [2.75, 3.05) is 6.61 Å². The fourth-order valence-corrected chi connectivity index (χ4v) is 2.99. The van der Waals surface area contributed by atoms with Crippen LogP contribution in [0.2, 0.25) is 0 Å². The number of ether oxygens (including phenoxy) is 1. The molecule has 1 aromatic rings. The number of benzene rings is 1. The van der Waals surface area contributed by atoms with Crippen molar-refractivity contribution >= 4 is 11.9 Å². The van der Waals surface area contributed by atoms with E-state index >= 15 is 0 Å². The van der Waals surface area contributed by atoms with E-state index in [-0.39, 0.29) is 24.5 Å². The number of nitrogens with one attached hydrogen (secondary N) is 1. The number of rotatable bonds is 6. The molecule has 0 bridgehead atoms. The smallest absolute Gasteiger partial charge is 0.306 e. The number of hydrogen-bond acceptors (Lipinski definition) is 3. The van der Waals surface area contributed by atoms with E-state index in [1.165, 1.54) is 0 Å². The maximum Gasteiger partial charge on any atom is 0.306 e. The zero-order valence-electron chi connectivity index (χ0n) is 14.0. The van der Waals surface area contributed by atoms with Gasteiger partial charge in [-0.1, -0.05) is 26.0 Å². The van der Waals surface area contributed by atoms with Crippen LogP contribution in [-0.2, 0) is 9.59 Å². The Bertz CT molecular complexity index is 582. The number of aliphatic carboxylic acids is 1. The molecule has 2 rings (SSSR count). The van der Waals surface area contributed by atoms with Gasteiger partial charge in [-0.2, -0.15) is 0 Å². The van der Waals surface area contributed by atoms with Gasteiger partial charge in [-0.3, -0.25) is 9.59 Å². The Morgan fingerprint density at radius 1 is 1.35 bits per heavy atom. The van der Waals surface area contributed by atoms with Crippen LogP contribution in [0.3, 0.4) is 0 Å². The number of hydrogen-bond donors (Lipinski definition) is 2. The van der Waals surface area contributed by atoms with Gasteiger partial charge in [-0.05, 0) is 49.3 Å². The van der Waals surface area contributed by atoms with Gasteiger partial charge in [0.2, 0.25) is 0 Å². The molecule has 126 valence electrons. The minimum atomic E-state index is -0.778. The molecule has 0 saturated heterocycles. The van der Waals surface area contributed by atoms with Crippen molar-refractivity contribution in [2.45, 2.75) is 52.0 Å². The zero-order valence-corrected chi connectivity index (χ0v) is 14.0. The van der Waals surface area contributed by atoms with E-state index in [0.29, 0.717) is 25.2 Å². The first kappa shape index (κ1) is 17.3. The molecule has 1 aliphatic carbocycles. The molecule has 0 radical (unpaired) electrons. The highest BCUT2D eigenvalue weighted by Gasteiger charge is 2.30. The first-order chi connectivity index (χ1) is 10.9. The molecule has 0 unspecified atom stereocenters. The lowest BCUT2D eigenvalue weighted by atomic mass is 10.0. The molecule has 5 nitrogen and oxygen atoms in total. The van der Waals surface area contributed by atoms with Gasteiger partial charge in [0.1, 0.15) is 5.75 Å². The van der Waals surface area contributed by atoms with E-state index in [1.54, 1.807) is 0 Å². The fraction of sp³-hybridized carbons (Fsp3) is 0.556. The highest BCUT2D eigenvalue weighted by molar-refractivity contribution is 5.78. The summed E-state index contributed by atoms with van der Waals surface area (Å²) < 4.78 is 5.70. The molecule has 1 aromatic carbocycles. The van der Waals surface area contributed by atoms with Crippen LogP contribution < -0.4 is 10.1 Å². The van der Waals surface area contributed by atoms with E-state index in [9.17, 15) is 9.59 Å². The Hall–Kier alpha value is -2.04. The molecule has 5 heteroatoms. The van der Waals surface area contributed by atoms with E-state index in [2.05, 4.69) is 19.2 Å². The van der Waals surface area contributed by atoms with Crippen LogP contribution in [0.15, 0.2) is 18.2 Å².